The lowest BCUT2D eigenvalue weighted by molar-refractivity contribution is 0.0694. The Morgan fingerprint density at radius 1 is 1.07 bits per heavy atom. The molecule has 2 heterocycles. The van der Waals surface area contributed by atoms with Crippen molar-refractivity contribution in [2.75, 3.05) is 5.32 Å². The average molecular weight is 380 g/mol. The molecule has 0 spiro atoms. The number of aromatic nitrogens is 1. The number of carboxylic acid groups (broad SMARTS) is 1. The number of nitrogens with one attached hydrogen (secondary N) is 1. The molecule has 0 unspecified atom stereocenters. The Balaban J connectivity index is 1.59. The van der Waals surface area contributed by atoms with E-state index in [-0.39, 0.29) is 17.2 Å². The van der Waals surface area contributed by atoms with Crippen molar-refractivity contribution in [3.63, 3.8) is 0 Å². The highest BCUT2D eigenvalue weighted by Gasteiger charge is 2.13. The van der Waals surface area contributed by atoms with Gasteiger partial charge in [-0.3, -0.25) is 0 Å². The van der Waals surface area contributed by atoms with Crippen molar-refractivity contribution < 1.29 is 20.1 Å². The molecule has 0 fully saturated rings. The Kier molecular flexibility index (Phi) is 4.05. The van der Waals surface area contributed by atoms with Gasteiger partial charge < -0.3 is 20.6 Å². The molecule has 0 aliphatic carbocycles. The molecule has 0 bridgehead atoms. The Labute approximate surface area is 156 Å². The standard InChI is InChI=1S/C18H12N4O4S/c23-13-7-9(5-6-10(13)17(25)26)19-18-22-16(24)14(27-18)8-15-20-11-3-1-2-4-12(11)21-15/h1-8,23-24H,(H,19,22)(H,25,26). The fourth-order valence-corrected chi connectivity index (χ4v) is 3.30. The fourth-order valence-electron chi connectivity index (χ4n) is 2.49. The second-order valence-electron chi connectivity index (χ2n) is 5.58. The zero-order chi connectivity index (χ0) is 19.0. The van der Waals surface area contributed by atoms with Gasteiger partial charge in [-0.05, 0) is 24.3 Å². The van der Waals surface area contributed by atoms with Crippen LogP contribution in [-0.4, -0.2) is 26.3 Å². The number of rotatable bonds is 4. The number of thiazole rings is 1. The van der Waals surface area contributed by atoms with Gasteiger partial charge in [0.25, 0.3) is 0 Å². The SMILES string of the molecule is O=C(O)c1ccc(Nc2nc(O)c(C=C3N=c4ccccc4=N3)s2)cc1O. The van der Waals surface area contributed by atoms with Crippen LogP contribution in [0, 0.1) is 0 Å². The van der Waals surface area contributed by atoms with Gasteiger partial charge in [0, 0.05) is 17.8 Å². The first-order chi connectivity index (χ1) is 13.0. The van der Waals surface area contributed by atoms with Crippen LogP contribution in [-0.2, 0) is 0 Å². The maximum atomic E-state index is 10.9. The van der Waals surface area contributed by atoms with E-state index in [1.54, 1.807) is 6.08 Å². The topological polar surface area (TPSA) is 127 Å². The van der Waals surface area contributed by atoms with Crippen molar-refractivity contribution in [3.8, 4) is 11.6 Å². The summed E-state index contributed by atoms with van der Waals surface area (Å²) < 4.78 is 0. The molecule has 27 heavy (non-hydrogen) atoms. The number of aromatic carboxylic acids is 1. The number of hydrogen-bond acceptors (Lipinski definition) is 8. The van der Waals surface area contributed by atoms with E-state index in [0.29, 0.717) is 21.5 Å². The number of hydrogen-bond donors (Lipinski definition) is 4. The minimum absolute atomic E-state index is 0.178. The summed E-state index contributed by atoms with van der Waals surface area (Å²) in [6.07, 6.45) is 1.63. The molecule has 4 N–H and O–H groups in total. The minimum atomic E-state index is -1.22. The number of aromatic hydroxyl groups is 2. The first-order valence-electron chi connectivity index (χ1n) is 7.77. The molecule has 1 aromatic heterocycles. The van der Waals surface area contributed by atoms with Gasteiger partial charge in [-0.15, -0.1) is 0 Å². The molecule has 0 radical (unpaired) electrons. The summed E-state index contributed by atoms with van der Waals surface area (Å²) >= 11 is 1.17. The summed E-state index contributed by atoms with van der Waals surface area (Å²) in [7, 11) is 0. The summed E-state index contributed by atoms with van der Waals surface area (Å²) in [5.41, 5.74) is 0.241. The molecule has 2 aromatic carbocycles. The van der Waals surface area contributed by atoms with Crippen LogP contribution in [0.3, 0.4) is 0 Å². The highest BCUT2D eigenvalue weighted by molar-refractivity contribution is 7.16. The molecule has 9 heteroatoms. The molecule has 0 saturated carbocycles. The van der Waals surface area contributed by atoms with Crippen LogP contribution in [0.5, 0.6) is 11.6 Å². The molecule has 1 aliphatic heterocycles. The molecule has 1 aliphatic rings. The number of benzene rings is 2. The number of phenols is 1. The van der Waals surface area contributed by atoms with Gasteiger partial charge in [0.1, 0.15) is 11.3 Å². The number of anilines is 2. The summed E-state index contributed by atoms with van der Waals surface area (Å²) in [6, 6.07) is 11.5. The van der Waals surface area contributed by atoms with Crippen LogP contribution in [0.25, 0.3) is 6.08 Å². The van der Waals surface area contributed by atoms with Crippen molar-refractivity contribution in [1.29, 1.82) is 0 Å². The second-order valence-corrected chi connectivity index (χ2v) is 6.61. The zero-order valence-corrected chi connectivity index (χ0v) is 14.4. The van der Waals surface area contributed by atoms with Gasteiger partial charge in [-0.2, -0.15) is 4.98 Å². The lowest BCUT2D eigenvalue weighted by Gasteiger charge is -2.04. The molecular formula is C18H12N4O4S. The van der Waals surface area contributed by atoms with Crippen LogP contribution >= 0.6 is 11.3 Å². The molecule has 0 saturated heterocycles. The first kappa shape index (κ1) is 16.7. The van der Waals surface area contributed by atoms with Crippen LogP contribution in [0.15, 0.2) is 58.3 Å². The van der Waals surface area contributed by atoms with E-state index < -0.39 is 5.97 Å². The molecule has 134 valence electrons. The lowest BCUT2D eigenvalue weighted by atomic mass is 10.2. The molecular weight excluding hydrogens is 368 g/mol. The predicted molar refractivity (Wildman–Crippen MR) is 98.9 cm³/mol. The third kappa shape index (κ3) is 3.35. The summed E-state index contributed by atoms with van der Waals surface area (Å²) in [6.45, 7) is 0. The largest absolute Gasteiger partial charge is 0.507 e. The Bertz CT molecular complexity index is 1180. The zero-order valence-electron chi connectivity index (χ0n) is 13.6. The number of para-hydroxylation sites is 2. The maximum absolute atomic E-state index is 10.9. The third-order valence-electron chi connectivity index (χ3n) is 3.73. The Morgan fingerprint density at radius 3 is 2.41 bits per heavy atom. The molecule has 8 nitrogen and oxygen atoms in total. The normalized spacial score (nSPS) is 12.1. The van der Waals surface area contributed by atoms with E-state index in [0.717, 1.165) is 10.7 Å². The maximum Gasteiger partial charge on any atom is 0.339 e. The molecule has 3 aromatic rings. The average Bonchev–Trinajstić information content (AvgIpc) is 3.17. The fraction of sp³-hybridized carbons (Fsp3) is 0. The minimum Gasteiger partial charge on any atom is -0.507 e. The number of nitrogens with zero attached hydrogens (tertiary/aromatic N) is 3. The van der Waals surface area contributed by atoms with Crippen LogP contribution < -0.4 is 16.0 Å². The number of carboxylic acids is 1. The van der Waals surface area contributed by atoms with Gasteiger partial charge in [-0.25, -0.2) is 14.8 Å². The first-order valence-corrected chi connectivity index (χ1v) is 8.58. The van der Waals surface area contributed by atoms with Crippen molar-refractivity contribution in [1.82, 2.24) is 4.98 Å². The summed E-state index contributed by atoms with van der Waals surface area (Å²) in [5, 5.41) is 33.6. The van der Waals surface area contributed by atoms with E-state index in [1.165, 1.54) is 29.5 Å². The van der Waals surface area contributed by atoms with Crippen LogP contribution in [0.1, 0.15) is 15.2 Å². The van der Waals surface area contributed by atoms with Crippen LogP contribution in [0.4, 0.5) is 10.8 Å². The van der Waals surface area contributed by atoms with Crippen molar-refractivity contribution in [2.45, 2.75) is 0 Å². The van der Waals surface area contributed by atoms with E-state index in [2.05, 4.69) is 20.3 Å². The highest BCUT2D eigenvalue weighted by atomic mass is 32.1. The van der Waals surface area contributed by atoms with E-state index in [9.17, 15) is 15.0 Å². The van der Waals surface area contributed by atoms with Crippen LogP contribution in [0.2, 0.25) is 0 Å². The predicted octanol–water partition coefficient (Wildman–Crippen LogP) is 2.25. The molecule has 4 rings (SSSR count). The lowest BCUT2D eigenvalue weighted by Crippen LogP contribution is -2.19. The van der Waals surface area contributed by atoms with Gasteiger partial charge in [0.15, 0.2) is 11.0 Å². The van der Waals surface area contributed by atoms with Gasteiger partial charge in [0.05, 0.1) is 15.6 Å². The molecule has 0 atom stereocenters. The molecule has 0 amide bonds. The quantitative estimate of drug-likeness (QED) is 0.550. The Hall–Kier alpha value is -3.72. The monoisotopic (exact) mass is 380 g/mol. The smallest absolute Gasteiger partial charge is 0.339 e. The number of carbonyl (C=O) groups is 1. The number of fused-ring (bicyclic) bond motifs is 1. The second kappa shape index (κ2) is 6.54. The van der Waals surface area contributed by atoms with Gasteiger partial charge in [0.2, 0.25) is 5.88 Å². The summed E-state index contributed by atoms with van der Waals surface area (Å²) in [5.74, 6) is -1.30. The van der Waals surface area contributed by atoms with E-state index in [4.69, 9.17) is 5.11 Å². The van der Waals surface area contributed by atoms with Gasteiger partial charge in [-0.1, -0.05) is 23.5 Å². The van der Waals surface area contributed by atoms with Crippen molar-refractivity contribution in [3.05, 3.63) is 69.4 Å². The highest BCUT2D eigenvalue weighted by Crippen LogP contribution is 2.33. The Morgan fingerprint density at radius 2 is 1.78 bits per heavy atom. The van der Waals surface area contributed by atoms with Crippen molar-refractivity contribution >= 4 is 34.2 Å². The summed E-state index contributed by atoms with van der Waals surface area (Å²) in [4.78, 5) is 24.2. The van der Waals surface area contributed by atoms with E-state index in [1.807, 2.05) is 24.3 Å². The van der Waals surface area contributed by atoms with E-state index >= 15 is 0 Å². The van der Waals surface area contributed by atoms with Gasteiger partial charge >= 0.3 is 5.97 Å². The van der Waals surface area contributed by atoms with Crippen molar-refractivity contribution in [2.24, 2.45) is 9.98 Å². The third-order valence-corrected chi connectivity index (χ3v) is 4.63.